The quantitative estimate of drug-likeness (QED) is 0.584. The summed E-state index contributed by atoms with van der Waals surface area (Å²) >= 11 is 0. The second-order valence-electron chi connectivity index (χ2n) is 3.45. The maximum atomic E-state index is 10.8. The van der Waals surface area contributed by atoms with Gasteiger partial charge in [-0.1, -0.05) is 6.08 Å². The molecule has 0 aromatic heterocycles. The van der Waals surface area contributed by atoms with Crippen LogP contribution in [0.4, 0.5) is 0 Å². The molecular formula is C13H16O4. The molecule has 0 saturated heterocycles. The maximum Gasteiger partial charge on any atom is 0.335 e. The summed E-state index contributed by atoms with van der Waals surface area (Å²) in [7, 11) is 1.48. The molecule has 0 atom stereocenters. The zero-order valence-corrected chi connectivity index (χ0v) is 9.81. The fourth-order valence-electron chi connectivity index (χ4n) is 1.33. The first-order valence-corrected chi connectivity index (χ1v) is 5.34. The van der Waals surface area contributed by atoms with Crippen molar-refractivity contribution < 1.29 is 19.4 Å². The molecule has 0 fully saturated rings. The van der Waals surface area contributed by atoms with Crippen LogP contribution in [0.25, 0.3) is 0 Å². The summed E-state index contributed by atoms with van der Waals surface area (Å²) in [4.78, 5) is 10.8. The maximum absolute atomic E-state index is 10.8. The molecule has 0 saturated carbocycles. The Morgan fingerprint density at radius 2 is 2.24 bits per heavy atom. The zero-order chi connectivity index (χ0) is 12.7. The number of aromatic carboxylic acids is 1. The Hall–Kier alpha value is -1.97. The minimum Gasteiger partial charge on any atom is -0.493 e. The summed E-state index contributed by atoms with van der Waals surface area (Å²) in [6, 6.07) is 4.55. The van der Waals surface area contributed by atoms with Crippen LogP contribution in [0.2, 0.25) is 0 Å². The molecule has 0 aliphatic heterocycles. The van der Waals surface area contributed by atoms with Gasteiger partial charge in [0.15, 0.2) is 11.5 Å². The molecule has 0 unspecified atom stereocenters. The van der Waals surface area contributed by atoms with Gasteiger partial charge in [-0.3, -0.25) is 0 Å². The molecule has 0 heterocycles. The number of methoxy groups -OCH3 is 1. The average Bonchev–Trinajstić information content (AvgIpc) is 2.34. The van der Waals surface area contributed by atoms with Crippen LogP contribution in [-0.4, -0.2) is 24.8 Å². The first kappa shape index (κ1) is 13.1. The lowest BCUT2D eigenvalue weighted by Gasteiger charge is -2.10. The van der Waals surface area contributed by atoms with E-state index in [0.29, 0.717) is 18.1 Å². The molecule has 4 nitrogen and oxygen atoms in total. The van der Waals surface area contributed by atoms with Crippen LogP contribution >= 0.6 is 0 Å². The van der Waals surface area contributed by atoms with Crippen LogP contribution in [0.3, 0.4) is 0 Å². The molecule has 1 aromatic rings. The van der Waals surface area contributed by atoms with E-state index in [9.17, 15) is 4.79 Å². The second kappa shape index (κ2) is 6.58. The Morgan fingerprint density at radius 1 is 1.47 bits per heavy atom. The summed E-state index contributed by atoms with van der Waals surface area (Å²) in [5.74, 6) is 0.00609. The Bertz CT molecular complexity index is 398. The van der Waals surface area contributed by atoms with Crippen LogP contribution < -0.4 is 9.47 Å². The minimum atomic E-state index is -0.985. The molecule has 1 N–H and O–H groups in total. The van der Waals surface area contributed by atoms with E-state index in [4.69, 9.17) is 14.6 Å². The lowest BCUT2D eigenvalue weighted by Crippen LogP contribution is -2.01. The number of allylic oxidation sites excluding steroid dienone is 1. The van der Waals surface area contributed by atoms with Gasteiger partial charge in [-0.25, -0.2) is 4.79 Å². The number of hydrogen-bond donors (Lipinski definition) is 1. The van der Waals surface area contributed by atoms with Gasteiger partial charge < -0.3 is 14.6 Å². The number of rotatable bonds is 7. The molecule has 4 heteroatoms. The molecule has 0 radical (unpaired) electrons. The SMILES string of the molecule is C=CCCCOc1ccc(C(=O)O)cc1OC. The van der Waals surface area contributed by atoms with Crippen molar-refractivity contribution in [2.45, 2.75) is 12.8 Å². The van der Waals surface area contributed by atoms with E-state index in [1.807, 2.05) is 6.08 Å². The normalized spacial score (nSPS) is 9.71. The number of unbranched alkanes of at least 4 members (excludes halogenated alkanes) is 1. The van der Waals surface area contributed by atoms with Gasteiger partial charge in [-0.2, -0.15) is 0 Å². The third kappa shape index (κ3) is 3.83. The van der Waals surface area contributed by atoms with E-state index in [2.05, 4.69) is 6.58 Å². The molecule has 1 rings (SSSR count). The molecule has 0 spiro atoms. The highest BCUT2D eigenvalue weighted by Gasteiger charge is 2.09. The number of carbonyl (C=O) groups is 1. The van der Waals surface area contributed by atoms with Crippen LogP contribution in [0.15, 0.2) is 30.9 Å². The third-order valence-corrected chi connectivity index (χ3v) is 2.22. The van der Waals surface area contributed by atoms with Gasteiger partial charge in [0, 0.05) is 0 Å². The number of carboxylic acid groups (broad SMARTS) is 1. The van der Waals surface area contributed by atoms with Crippen molar-refractivity contribution in [3.63, 3.8) is 0 Å². The summed E-state index contributed by atoms with van der Waals surface area (Å²) in [5.41, 5.74) is 0.181. The molecule has 0 bridgehead atoms. The van der Waals surface area contributed by atoms with Crippen LogP contribution in [0, 0.1) is 0 Å². The highest BCUT2D eigenvalue weighted by Crippen LogP contribution is 2.28. The lowest BCUT2D eigenvalue weighted by molar-refractivity contribution is 0.0696. The van der Waals surface area contributed by atoms with Gasteiger partial charge in [-0.05, 0) is 31.0 Å². The van der Waals surface area contributed by atoms with Crippen molar-refractivity contribution in [3.05, 3.63) is 36.4 Å². The molecule has 0 aliphatic carbocycles. The zero-order valence-electron chi connectivity index (χ0n) is 9.81. The average molecular weight is 236 g/mol. The van der Waals surface area contributed by atoms with Crippen molar-refractivity contribution in [2.24, 2.45) is 0 Å². The summed E-state index contributed by atoms with van der Waals surface area (Å²) in [6.45, 7) is 4.17. The topological polar surface area (TPSA) is 55.8 Å². The van der Waals surface area contributed by atoms with Crippen molar-refractivity contribution >= 4 is 5.97 Å². The molecule has 17 heavy (non-hydrogen) atoms. The molecule has 0 aliphatic rings. The van der Waals surface area contributed by atoms with E-state index >= 15 is 0 Å². The predicted octanol–water partition coefficient (Wildman–Crippen LogP) is 2.74. The predicted molar refractivity (Wildman–Crippen MR) is 64.9 cm³/mol. The standard InChI is InChI=1S/C13H16O4/c1-3-4-5-8-17-11-7-6-10(13(14)15)9-12(11)16-2/h3,6-7,9H,1,4-5,8H2,2H3,(H,14,15). The highest BCUT2D eigenvalue weighted by atomic mass is 16.5. The third-order valence-electron chi connectivity index (χ3n) is 2.22. The Kier molecular flexibility index (Phi) is 5.07. The minimum absolute atomic E-state index is 0.181. The number of benzene rings is 1. The first-order valence-electron chi connectivity index (χ1n) is 5.34. The smallest absolute Gasteiger partial charge is 0.335 e. The molecular weight excluding hydrogens is 220 g/mol. The summed E-state index contributed by atoms with van der Waals surface area (Å²) in [6.07, 6.45) is 3.58. The molecule has 1 aromatic carbocycles. The van der Waals surface area contributed by atoms with Crippen molar-refractivity contribution in [2.75, 3.05) is 13.7 Å². The highest BCUT2D eigenvalue weighted by molar-refractivity contribution is 5.88. The van der Waals surface area contributed by atoms with E-state index in [-0.39, 0.29) is 5.56 Å². The van der Waals surface area contributed by atoms with Gasteiger partial charge >= 0.3 is 5.97 Å². The second-order valence-corrected chi connectivity index (χ2v) is 3.45. The van der Waals surface area contributed by atoms with Gasteiger partial charge in [0.25, 0.3) is 0 Å². The lowest BCUT2D eigenvalue weighted by atomic mass is 10.2. The van der Waals surface area contributed by atoms with E-state index in [1.54, 1.807) is 6.07 Å². The van der Waals surface area contributed by atoms with Gasteiger partial charge in [0.2, 0.25) is 0 Å². The summed E-state index contributed by atoms with van der Waals surface area (Å²) < 4.78 is 10.6. The van der Waals surface area contributed by atoms with Gasteiger partial charge in [-0.15, -0.1) is 6.58 Å². The summed E-state index contributed by atoms with van der Waals surface area (Å²) in [5, 5.41) is 8.83. The van der Waals surface area contributed by atoms with Gasteiger partial charge in [0.05, 0.1) is 19.3 Å². The van der Waals surface area contributed by atoms with Crippen LogP contribution in [0.5, 0.6) is 11.5 Å². The van der Waals surface area contributed by atoms with E-state index in [1.165, 1.54) is 19.2 Å². The number of hydrogen-bond acceptors (Lipinski definition) is 3. The Morgan fingerprint density at radius 3 is 2.82 bits per heavy atom. The van der Waals surface area contributed by atoms with Crippen molar-refractivity contribution in [3.8, 4) is 11.5 Å². The van der Waals surface area contributed by atoms with Crippen LogP contribution in [-0.2, 0) is 0 Å². The number of ether oxygens (including phenoxy) is 2. The van der Waals surface area contributed by atoms with Crippen molar-refractivity contribution in [1.29, 1.82) is 0 Å². The van der Waals surface area contributed by atoms with Crippen molar-refractivity contribution in [1.82, 2.24) is 0 Å². The Labute approximate surface area is 100 Å². The molecule has 92 valence electrons. The largest absolute Gasteiger partial charge is 0.493 e. The number of carboxylic acids is 1. The monoisotopic (exact) mass is 236 g/mol. The fourth-order valence-corrected chi connectivity index (χ4v) is 1.33. The molecule has 0 amide bonds. The first-order chi connectivity index (χ1) is 8.19. The Balaban J connectivity index is 2.71. The fraction of sp³-hybridized carbons (Fsp3) is 0.308. The van der Waals surface area contributed by atoms with E-state index < -0.39 is 5.97 Å². The van der Waals surface area contributed by atoms with Gasteiger partial charge in [0.1, 0.15) is 0 Å². The van der Waals surface area contributed by atoms with E-state index in [0.717, 1.165) is 12.8 Å². The van der Waals surface area contributed by atoms with Crippen LogP contribution in [0.1, 0.15) is 23.2 Å².